The van der Waals surface area contributed by atoms with Crippen molar-refractivity contribution in [2.45, 2.75) is 38.2 Å². The highest BCUT2D eigenvalue weighted by molar-refractivity contribution is 7.10. The Kier molecular flexibility index (Phi) is 6.16. The van der Waals surface area contributed by atoms with Gasteiger partial charge in [0.15, 0.2) is 5.78 Å². The summed E-state index contributed by atoms with van der Waals surface area (Å²) in [5, 5.41) is 5.31. The fraction of sp³-hybridized carbons (Fsp3) is 0.214. The van der Waals surface area contributed by atoms with Crippen LogP contribution in [0, 0.1) is 5.82 Å². The lowest BCUT2D eigenvalue weighted by atomic mass is 9.72. The first kappa shape index (κ1) is 22.3. The van der Waals surface area contributed by atoms with Crippen molar-refractivity contribution in [3.05, 3.63) is 116 Å². The number of ketones is 1. The molecule has 6 heteroatoms. The molecule has 0 saturated carbocycles. The molecule has 2 aromatic carbocycles. The van der Waals surface area contributed by atoms with Crippen LogP contribution < -0.4 is 5.32 Å². The molecule has 1 aliphatic carbocycles. The van der Waals surface area contributed by atoms with E-state index in [9.17, 15) is 9.59 Å². The van der Waals surface area contributed by atoms with Crippen LogP contribution in [0.3, 0.4) is 0 Å². The fourth-order valence-corrected chi connectivity index (χ4v) is 5.69. The number of allylic oxidation sites excluding steroid dienone is 3. The van der Waals surface area contributed by atoms with E-state index in [2.05, 4.69) is 5.32 Å². The first-order chi connectivity index (χ1) is 16.5. The van der Waals surface area contributed by atoms with Crippen LogP contribution in [0.15, 0.2) is 94.7 Å². The topological polar surface area (TPSA) is 55.4 Å². The van der Waals surface area contributed by atoms with E-state index < -0.39 is 17.7 Å². The van der Waals surface area contributed by atoms with Crippen LogP contribution in [-0.2, 0) is 20.9 Å². The molecular formula is C28H24FNO3S. The smallest absolute Gasteiger partial charge is 0.337 e. The van der Waals surface area contributed by atoms with Crippen molar-refractivity contribution in [2.24, 2.45) is 0 Å². The number of halogens is 1. The van der Waals surface area contributed by atoms with E-state index in [-0.39, 0.29) is 23.9 Å². The lowest BCUT2D eigenvalue weighted by Gasteiger charge is -2.36. The maximum absolute atomic E-state index is 15.0. The van der Waals surface area contributed by atoms with E-state index in [1.165, 1.54) is 6.07 Å². The molecule has 3 aromatic rings. The lowest BCUT2D eigenvalue weighted by molar-refractivity contribution is -0.140. The largest absolute Gasteiger partial charge is 0.457 e. The minimum atomic E-state index is -0.808. The van der Waals surface area contributed by atoms with Gasteiger partial charge in [-0.25, -0.2) is 9.18 Å². The molecule has 5 rings (SSSR count). The van der Waals surface area contributed by atoms with Gasteiger partial charge in [0.2, 0.25) is 0 Å². The number of ether oxygens (including phenoxy) is 1. The van der Waals surface area contributed by atoms with E-state index in [1.54, 1.807) is 36.5 Å². The Bertz CT molecular complexity index is 1290. The zero-order valence-corrected chi connectivity index (χ0v) is 19.5. The van der Waals surface area contributed by atoms with Crippen molar-refractivity contribution in [2.75, 3.05) is 0 Å². The molecular weight excluding hydrogens is 449 g/mol. The Morgan fingerprint density at radius 1 is 1.06 bits per heavy atom. The quantitative estimate of drug-likeness (QED) is 0.463. The number of benzene rings is 2. The van der Waals surface area contributed by atoms with Crippen molar-refractivity contribution >= 4 is 23.1 Å². The van der Waals surface area contributed by atoms with Crippen molar-refractivity contribution in [1.29, 1.82) is 0 Å². The molecule has 0 unspecified atom stereocenters. The Morgan fingerprint density at radius 3 is 2.56 bits per heavy atom. The third-order valence-electron chi connectivity index (χ3n) is 6.42. The first-order valence-corrected chi connectivity index (χ1v) is 12.1. The summed E-state index contributed by atoms with van der Waals surface area (Å²) in [5.74, 6) is -1.81. The third kappa shape index (κ3) is 4.21. The maximum atomic E-state index is 15.0. The van der Waals surface area contributed by atoms with E-state index in [1.807, 2.05) is 47.8 Å². The van der Waals surface area contributed by atoms with Crippen molar-refractivity contribution in [3.63, 3.8) is 0 Å². The summed E-state index contributed by atoms with van der Waals surface area (Å²) in [6, 6.07) is 19.8. The van der Waals surface area contributed by atoms with Crippen LogP contribution in [0.1, 0.15) is 47.6 Å². The van der Waals surface area contributed by atoms with E-state index in [0.29, 0.717) is 29.7 Å². The number of carbonyl (C=O) groups is 2. The van der Waals surface area contributed by atoms with Gasteiger partial charge in [-0.3, -0.25) is 4.79 Å². The highest BCUT2D eigenvalue weighted by Gasteiger charge is 2.42. The summed E-state index contributed by atoms with van der Waals surface area (Å²) in [6.45, 7) is 1.89. The highest BCUT2D eigenvalue weighted by Crippen LogP contribution is 2.46. The van der Waals surface area contributed by atoms with Crippen LogP contribution in [-0.4, -0.2) is 11.8 Å². The zero-order valence-electron chi connectivity index (χ0n) is 18.7. The average Bonchev–Trinajstić information content (AvgIpc) is 3.38. The van der Waals surface area contributed by atoms with Gasteiger partial charge in [-0.2, -0.15) is 0 Å². The first-order valence-electron chi connectivity index (χ1n) is 11.3. The molecule has 1 aliphatic heterocycles. The van der Waals surface area contributed by atoms with Gasteiger partial charge in [-0.1, -0.05) is 54.6 Å². The Balaban J connectivity index is 1.53. The molecule has 2 aliphatic rings. The van der Waals surface area contributed by atoms with Crippen LogP contribution in [0.2, 0.25) is 0 Å². The Morgan fingerprint density at radius 2 is 1.82 bits per heavy atom. The van der Waals surface area contributed by atoms with Crippen LogP contribution in [0.5, 0.6) is 0 Å². The van der Waals surface area contributed by atoms with Crippen LogP contribution >= 0.6 is 11.3 Å². The third-order valence-corrected chi connectivity index (χ3v) is 7.46. The van der Waals surface area contributed by atoms with Gasteiger partial charge in [-0.15, -0.1) is 11.3 Å². The Hall–Kier alpha value is -3.51. The Labute approximate surface area is 201 Å². The second-order valence-electron chi connectivity index (χ2n) is 8.62. The predicted molar refractivity (Wildman–Crippen MR) is 130 cm³/mol. The standard InChI is InChI=1S/C28H24FNO3S/c1-17-25(28(32)33-16-18-8-3-2-4-9-18)26(20-10-5-6-11-21(20)29)27-22(30-17)14-19(15-23(27)31)24-12-7-13-34-24/h2-13,19,26,30H,14-16H2,1H3/t19-,26+/m0/s1. The zero-order chi connectivity index (χ0) is 23.7. The number of Topliss-reactive ketones (excluding diaryl/α,β-unsaturated/α-hetero) is 1. The summed E-state index contributed by atoms with van der Waals surface area (Å²) in [7, 11) is 0. The molecule has 0 bridgehead atoms. The van der Waals surface area contributed by atoms with E-state index in [4.69, 9.17) is 4.74 Å². The van der Waals surface area contributed by atoms with Crippen LogP contribution in [0.4, 0.5) is 4.39 Å². The van der Waals surface area contributed by atoms with Crippen molar-refractivity contribution in [1.82, 2.24) is 5.32 Å². The number of esters is 1. The van der Waals surface area contributed by atoms with Gasteiger partial charge in [0.1, 0.15) is 12.4 Å². The summed E-state index contributed by atoms with van der Waals surface area (Å²) >= 11 is 1.63. The van der Waals surface area contributed by atoms with Gasteiger partial charge >= 0.3 is 5.97 Å². The molecule has 2 atom stereocenters. The molecule has 1 aromatic heterocycles. The lowest BCUT2D eigenvalue weighted by Crippen LogP contribution is -2.36. The molecule has 34 heavy (non-hydrogen) atoms. The number of dihydropyridines is 1. The van der Waals surface area contributed by atoms with Gasteiger partial charge in [0.25, 0.3) is 0 Å². The number of hydrogen-bond acceptors (Lipinski definition) is 5. The minimum Gasteiger partial charge on any atom is -0.457 e. The second-order valence-corrected chi connectivity index (χ2v) is 9.60. The van der Waals surface area contributed by atoms with Gasteiger partial charge < -0.3 is 10.1 Å². The summed E-state index contributed by atoms with van der Waals surface area (Å²) in [6.07, 6.45) is 0.966. The molecule has 0 spiro atoms. The average molecular weight is 474 g/mol. The number of carbonyl (C=O) groups excluding carboxylic acids is 2. The molecule has 0 radical (unpaired) electrons. The predicted octanol–water partition coefficient (Wildman–Crippen LogP) is 5.99. The second kappa shape index (κ2) is 9.39. The molecule has 4 nitrogen and oxygen atoms in total. The molecule has 172 valence electrons. The summed E-state index contributed by atoms with van der Waals surface area (Å²) in [4.78, 5) is 28.0. The van der Waals surface area contributed by atoms with E-state index >= 15 is 4.39 Å². The highest BCUT2D eigenvalue weighted by atomic mass is 32.1. The van der Waals surface area contributed by atoms with Crippen LogP contribution in [0.25, 0.3) is 0 Å². The molecule has 0 amide bonds. The van der Waals surface area contributed by atoms with Crippen molar-refractivity contribution in [3.8, 4) is 0 Å². The number of thiophene rings is 1. The maximum Gasteiger partial charge on any atom is 0.337 e. The monoisotopic (exact) mass is 473 g/mol. The molecule has 0 saturated heterocycles. The molecule has 0 fully saturated rings. The van der Waals surface area contributed by atoms with Gasteiger partial charge in [0, 0.05) is 39.7 Å². The minimum absolute atomic E-state index is 0.0683. The van der Waals surface area contributed by atoms with Crippen molar-refractivity contribution < 1.29 is 18.7 Å². The number of nitrogens with one attached hydrogen (secondary N) is 1. The summed E-state index contributed by atoms with van der Waals surface area (Å²) in [5.41, 5.74) is 3.26. The number of hydrogen-bond donors (Lipinski definition) is 1. The normalized spacial score (nSPS) is 20.1. The summed E-state index contributed by atoms with van der Waals surface area (Å²) < 4.78 is 20.7. The number of rotatable bonds is 5. The fourth-order valence-electron chi connectivity index (χ4n) is 4.86. The van der Waals surface area contributed by atoms with Gasteiger partial charge in [0.05, 0.1) is 11.5 Å². The molecule has 2 heterocycles. The molecule has 1 N–H and O–H groups in total. The SMILES string of the molecule is CC1=C(C(=O)OCc2ccccc2)[C@@H](c2ccccc2F)C2=C(C[C@H](c3cccs3)CC2=O)N1. The van der Waals surface area contributed by atoms with E-state index in [0.717, 1.165) is 16.1 Å². The van der Waals surface area contributed by atoms with Gasteiger partial charge in [-0.05, 0) is 36.4 Å².